The van der Waals surface area contributed by atoms with Gasteiger partial charge in [-0.1, -0.05) is 32.6 Å². The van der Waals surface area contributed by atoms with Crippen molar-refractivity contribution in [3.8, 4) is 0 Å². The molecule has 0 rings (SSSR count). The van der Waals surface area contributed by atoms with Gasteiger partial charge in [-0.25, -0.2) is 0 Å². The molecule has 17 heavy (non-hydrogen) atoms. The molecule has 0 fully saturated rings. The minimum Gasteiger partial charge on any atom is -0.396 e. The van der Waals surface area contributed by atoms with E-state index in [1.165, 1.54) is 68.9 Å². The monoisotopic (exact) mass is 244 g/mol. The van der Waals surface area contributed by atoms with Gasteiger partial charge in [-0.3, -0.25) is 0 Å². The number of hydrogen-bond donors (Lipinski definition) is 1. The fraction of sp³-hybridized carbons (Fsp3) is 1.00. The van der Waals surface area contributed by atoms with Gasteiger partial charge in [0.05, 0.1) is 27.2 Å². The Labute approximate surface area is 109 Å². The Balaban J connectivity index is 3.37. The Morgan fingerprint density at radius 2 is 1.18 bits per heavy atom. The Morgan fingerprint density at radius 1 is 0.706 bits per heavy atom. The van der Waals surface area contributed by atoms with E-state index < -0.39 is 0 Å². The lowest BCUT2D eigenvalue weighted by Crippen LogP contribution is -2.41. The van der Waals surface area contributed by atoms with Gasteiger partial charge >= 0.3 is 0 Å². The zero-order valence-electron chi connectivity index (χ0n) is 12.4. The summed E-state index contributed by atoms with van der Waals surface area (Å²) < 4.78 is 1.18. The first kappa shape index (κ1) is 16.9. The second kappa shape index (κ2) is 11.0. The van der Waals surface area contributed by atoms with E-state index >= 15 is 0 Å². The summed E-state index contributed by atoms with van der Waals surface area (Å²) in [5.74, 6) is 0. The van der Waals surface area contributed by atoms with Crippen LogP contribution in [-0.4, -0.2) is 43.4 Å². The lowest BCUT2D eigenvalue weighted by atomic mass is 10.1. The van der Waals surface area contributed by atoms with Crippen LogP contribution in [0.1, 0.15) is 64.7 Å². The van der Waals surface area contributed by atoms with Crippen LogP contribution < -0.4 is 0 Å². The summed E-state index contributed by atoms with van der Waals surface area (Å²) in [6, 6.07) is 0. The molecule has 0 saturated carbocycles. The molecule has 2 heteroatoms. The molecule has 0 aliphatic heterocycles. The van der Waals surface area contributed by atoms with Crippen LogP contribution in [0, 0.1) is 0 Å². The van der Waals surface area contributed by atoms with E-state index in [0.29, 0.717) is 6.61 Å². The third-order valence-corrected chi connectivity index (χ3v) is 3.54. The lowest BCUT2D eigenvalue weighted by molar-refractivity contribution is -0.890. The molecule has 0 heterocycles. The minimum atomic E-state index is 0.360. The molecular formula is C15H34NO+. The van der Waals surface area contributed by atoms with Crippen molar-refractivity contribution in [3.63, 3.8) is 0 Å². The van der Waals surface area contributed by atoms with Crippen LogP contribution in [0.25, 0.3) is 0 Å². The van der Waals surface area contributed by atoms with Crippen LogP contribution in [0.4, 0.5) is 0 Å². The molecule has 0 aromatic heterocycles. The molecule has 0 bridgehead atoms. The molecule has 0 unspecified atom stereocenters. The number of quaternary nitrogens is 1. The Kier molecular flexibility index (Phi) is 11.0. The van der Waals surface area contributed by atoms with Crippen molar-refractivity contribution in [1.29, 1.82) is 0 Å². The second-order valence-corrected chi connectivity index (χ2v) is 5.93. The molecule has 0 atom stereocenters. The number of unbranched alkanes of at least 4 members (excludes halogenated alkanes) is 7. The molecule has 104 valence electrons. The minimum absolute atomic E-state index is 0.360. The number of rotatable bonds is 12. The third-order valence-electron chi connectivity index (χ3n) is 3.54. The number of hydrogen-bond acceptors (Lipinski definition) is 1. The van der Waals surface area contributed by atoms with Gasteiger partial charge in [-0.05, 0) is 32.1 Å². The highest BCUT2D eigenvalue weighted by atomic mass is 16.2. The van der Waals surface area contributed by atoms with E-state index in [1.807, 2.05) is 0 Å². The molecule has 1 N–H and O–H groups in total. The molecule has 0 spiro atoms. The summed E-state index contributed by atoms with van der Waals surface area (Å²) in [5.41, 5.74) is 0. The van der Waals surface area contributed by atoms with Crippen LogP contribution in [0.5, 0.6) is 0 Å². The maximum Gasteiger partial charge on any atom is 0.0782 e. The van der Waals surface area contributed by atoms with Crippen molar-refractivity contribution in [2.75, 3.05) is 33.8 Å². The smallest absolute Gasteiger partial charge is 0.0782 e. The second-order valence-electron chi connectivity index (χ2n) is 5.93. The van der Waals surface area contributed by atoms with Gasteiger partial charge < -0.3 is 9.59 Å². The zero-order valence-corrected chi connectivity index (χ0v) is 12.4. The van der Waals surface area contributed by atoms with E-state index in [1.54, 1.807) is 0 Å². The molecule has 0 aliphatic carbocycles. The normalized spacial score (nSPS) is 12.0. The van der Waals surface area contributed by atoms with Crippen molar-refractivity contribution >= 4 is 0 Å². The van der Waals surface area contributed by atoms with E-state index in [9.17, 15) is 0 Å². The molecular weight excluding hydrogens is 210 g/mol. The SMILES string of the molecule is CCCCCC[N+](C)(C)CCCCCCCO. The maximum atomic E-state index is 8.69. The van der Waals surface area contributed by atoms with Crippen molar-refractivity contribution in [2.24, 2.45) is 0 Å². The van der Waals surface area contributed by atoms with Crippen LogP contribution in [-0.2, 0) is 0 Å². The number of aliphatic hydroxyl groups is 1. The Hall–Kier alpha value is -0.0800. The van der Waals surface area contributed by atoms with Crippen molar-refractivity contribution in [1.82, 2.24) is 0 Å². The first-order valence-corrected chi connectivity index (χ1v) is 7.55. The standard InChI is InChI=1S/C15H34NO/c1-4-5-6-10-13-16(2,3)14-11-8-7-9-12-15-17/h17H,4-15H2,1-3H3/q+1. The summed E-state index contributed by atoms with van der Waals surface area (Å²) in [6.45, 7) is 5.27. The summed E-state index contributed by atoms with van der Waals surface area (Å²) in [6.07, 6.45) is 11.6. The topological polar surface area (TPSA) is 20.2 Å². The predicted octanol–water partition coefficient (Wildman–Crippen LogP) is 3.59. The number of aliphatic hydroxyl groups excluding tert-OH is 1. The summed E-state index contributed by atoms with van der Waals surface area (Å²) in [7, 11) is 4.72. The molecule has 0 amide bonds. The Morgan fingerprint density at radius 3 is 1.71 bits per heavy atom. The van der Waals surface area contributed by atoms with Crippen LogP contribution in [0.3, 0.4) is 0 Å². The van der Waals surface area contributed by atoms with E-state index in [2.05, 4.69) is 21.0 Å². The van der Waals surface area contributed by atoms with Gasteiger partial charge in [0.15, 0.2) is 0 Å². The van der Waals surface area contributed by atoms with E-state index in [4.69, 9.17) is 5.11 Å². The largest absolute Gasteiger partial charge is 0.396 e. The average molecular weight is 244 g/mol. The first-order chi connectivity index (χ1) is 8.12. The fourth-order valence-corrected chi connectivity index (χ4v) is 2.26. The molecule has 0 aliphatic rings. The summed E-state index contributed by atoms with van der Waals surface area (Å²) in [4.78, 5) is 0. The number of nitrogens with zero attached hydrogens (tertiary/aromatic N) is 1. The molecule has 0 radical (unpaired) electrons. The van der Waals surface area contributed by atoms with Crippen molar-refractivity contribution in [2.45, 2.75) is 64.7 Å². The molecule has 0 aromatic carbocycles. The van der Waals surface area contributed by atoms with Gasteiger partial charge in [0.25, 0.3) is 0 Å². The van der Waals surface area contributed by atoms with Gasteiger partial charge in [0, 0.05) is 6.61 Å². The summed E-state index contributed by atoms with van der Waals surface area (Å²) in [5, 5.41) is 8.69. The van der Waals surface area contributed by atoms with Gasteiger partial charge in [-0.15, -0.1) is 0 Å². The molecule has 0 aromatic rings. The third kappa shape index (κ3) is 12.2. The Bertz CT molecular complexity index is 157. The predicted molar refractivity (Wildman–Crippen MR) is 76.2 cm³/mol. The summed E-state index contributed by atoms with van der Waals surface area (Å²) >= 11 is 0. The fourth-order valence-electron chi connectivity index (χ4n) is 2.26. The molecule has 0 saturated heterocycles. The highest BCUT2D eigenvalue weighted by molar-refractivity contribution is 4.45. The zero-order chi connectivity index (χ0) is 13.0. The highest BCUT2D eigenvalue weighted by Gasteiger charge is 2.13. The van der Waals surface area contributed by atoms with Crippen molar-refractivity contribution in [3.05, 3.63) is 0 Å². The first-order valence-electron chi connectivity index (χ1n) is 7.55. The van der Waals surface area contributed by atoms with Crippen LogP contribution in [0.15, 0.2) is 0 Å². The van der Waals surface area contributed by atoms with Crippen LogP contribution >= 0.6 is 0 Å². The maximum absolute atomic E-state index is 8.69. The van der Waals surface area contributed by atoms with Gasteiger partial charge in [-0.2, -0.15) is 0 Å². The highest BCUT2D eigenvalue weighted by Crippen LogP contribution is 2.09. The average Bonchev–Trinajstić information content (AvgIpc) is 2.29. The van der Waals surface area contributed by atoms with Gasteiger partial charge in [0.2, 0.25) is 0 Å². The van der Waals surface area contributed by atoms with Crippen molar-refractivity contribution < 1.29 is 9.59 Å². The lowest BCUT2D eigenvalue weighted by Gasteiger charge is -2.30. The molecule has 2 nitrogen and oxygen atoms in total. The van der Waals surface area contributed by atoms with E-state index in [0.717, 1.165) is 6.42 Å². The quantitative estimate of drug-likeness (QED) is 0.411. The van der Waals surface area contributed by atoms with Crippen LogP contribution in [0.2, 0.25) is 0 Å². The van der Waals surface area contributed by atoms with Gasteiger partial charge in [0.1, 0.15) is 0 Å². The van der Waals surface area contributed by atoms with E-state index in [-0.39, 0.29) is 0 Å².